The molecule has 2 aliphatic rings. The maximum absolute atomic E-state index is 12.1. The molecule has 9 heteroatoms. The fraction of sp³-hybridized carbons (Fsp3) is 0.538. The van der Waals surface area contributed by atoms with Gasteiger partial charge in [-0.15, -0.1) is 28.7 Å². The SMILES string of the molecule is Br.CC(=O)OCC1=C(C(=O)O)N2C(=O)C(N=C(C)C)[C@@H]2SC1. The summed E-state index contributed by atoms with van der Waals surface area (Å²) in [6.45, 7) is 4.73. The molecular weight excluding hydrogens is 376 g/mol. The molecule has 1 amide bonds. The molecule has 122 valence electrons. The second-order valence-electron chi connectivity index (χ2n) is 4.97. The van der Waals surface area contributed by atoms with Gasteiger partial charge in [-0.3, -0.25) is 19.5 Å². The van der Waals surface area contributed by atoms with E-state index in [2.05, 4.69) is 4.99 Å². The lowest BCUT2D eigenvalue weighted by atomic mass is 10.0. The number of thioether (sulfide) groups is 1. The van der Waals surface area contributed by atoms with Crippen molar-refractivity contribution in [3.8, 4) is 0 Å². The zero-order valence-corrected chi connectivity index (χ0v) is 14.9. The van der Waals surface area contributed by atoms with Crippen LogP contribution in [0.3, 0.4) is 0 Å². The van der Waals surface area contributed by atoms with E-state index in [0.717, 1.165) is 5.71 Å². The van der Waals surface area contributed by atoms with Crippen molar-refractivity contribution < 1.29 is 24.2 Å². The van der Waals surface area contributed by atoms with E-state index in [1.807, 2.05) is 0 Å². The maximum Gasteiger partial charge on any atom is 0.352 e. The number of rotatable bonds is 4. The minimum atomic E-state index is -1.19. The van der Waals surface area contributed by atoms with Gasteiger partial charge in [-0.2, -0.15) is 0 Å². The van der Waals surface area contributed by atoms with Crippen LogP contribution in [-0.4, -0.2) is 57.3 Å². The van der Waals surface area contributed by atoms with Crippen LogP contribution < -0.4 is 0 Å². The molecule has 1 saturated heterocycles. The quantitative estimate of drug-likeness (QED) is 0.439. The number of aliphatic carboxylic acids is 1. The molecule has 1 unspecified atom stereocenters. The van der Waals surface area contributed by atoms with Crippen LogP contribution in [0.1, 0.15) is 20.8 Å². The highest BCUT2D eigenvalue weighted by molar-refractivity contribution is 8.93. The fourth-order valence-electron chi connectivity index (χ4n) is 2.23. The smallest absolute Gasteiger partial charge is 0.352 e. The lowest BCUT2D eigenvalue weighted by Gasteiger charge is -2.47. The second kappa shape index (κ2) is 7.28. The molecule has 0 radical (unpaired) electrons. The number of carboxylic acid groups (broad SMARTS) is 1. The van der Waals surface area contributed by atoms with Gasteiger partial charge in [0.2, 0.25) is 0 Å². The summed E-state index contributed by atoms with van der Waals surface area (Å²) in [6.07, 6.45) is 0. The van der Waals surface area contributed by atoms with Crippen molar-refractivity contribution in [2.75, 3.05) is 12.4 Å². The Bertz CT molecular complexity index is 571. The van der Waals surface area contributed by atoms with Crippen LogP contribution in [0.5, 0.6) is 0 Å². The summed E-state index contributed by atoms with van der Waals surface area (Å²) in [4.78, 5) is 39.9. The monoisotopic (exact) mass is 392 g/mol. The normalized spacial score (nSPS) is 23.0. The van der Waals surface area contributed by atoms with Crippen LogP contribution >= 0.6 is 28.7 Å². The van der Waals surface area contributed by atoms with Crippen LogP contribution in [0.2, 0.25) is 0 Å². The van der Waals surface area contributed by atoms with E-state index in [4.69, 9.17) is 4.74 Å². The third kappa shape index (κ3) is 3.52. The minimum absolute atomic E-state index is 0. The molecule has 7 nitrogen and oxygen atoms in total. The van der Waals surface area contributed by atoms with E-state index in [-0.39, 0.29) is 40.6 Å². The molecule has 0 aromatic heterocycles. The average Bonchev–Trinajstić information content (AvgIpc) is 2.40. The molecule has 2 rings (SSSR count). The number of carbonyl (C=O) groups excluding carboxylic acids is 2. The third-order valence-corrected chi connectivity index (χ3v) is 4.39. The predicted octanol–water partition coefficient (Wildman–Crippen LogP) is 1.23. The van der Waals surface area contributed by atoms with Crippen LogP contribution in [0.25, 0.3) is 0 Å². The summed E-state index contributed by atoms with van der Waals surface area (Å²) in [5.74, 6) is -1.60. The van der Waals surface area contributed by atoms with Gasteiger partial charge in [0.1, 0.15) is 17.7 Å². The number of hydrogen-bond acceptors (Lipinski definition) is 6. The highest BCUT2D eigenvalue weighted by Gasteiger charge is 2.53. The summed E-state index contributed by atoms with van der Waals surface area (Å²) in [6, 6.07) is -0.523. The van der Waals surface area contributed by atoms with Crippen LogP contribution in [0.4, 0.5) is 0 Å². The number of amides is 1. The van der Waals surface area contributed by atoms with E-state index in [0.29, 0.717) is 11.3 Å². The molecule has 2 heterocycles. The second-order valence-corrected chi connectivity index (χ2v) is 6.07. The number of β-lactam (4-membered cyclic amide) rings is 1. The zero-order chi connectivity index (χ0) is 15.7. The number of hydrogen-bond donors (Lipinski definition) is 1. The van der Waals surface area contributed by atoms with E-state index in [9.17, 15) is 19.5 Å². The number of carbonyl (C=O) groups is 3. The summed E-state index contributed by atoms with van der Waals surface area (Å²) >= 11 is 1.43. The molecule has 2 atom stereocenters. The lowest BCUT2D eigenvalue weighted by molar-refractivity contribution is -0.148. The van der Waals surface area contributed by atoms with E-state index in [1.165, 1.54) is 23.6 Å². The Balaban J connectivity index is 0.00000242. The number of nitrogens with zero attached hydrogens (tertiary/aromatic N) is 2. The first-order valence-electron chi connectivity index (χ1n) is 6.37. The third-order valence-electron chi connectivity index (χ3n) is 3.07. The van der Waals surface area contributed by atoms with Crippen molar-refractivity contribution in [1.82, 2.24) is 4.90 Å². The topological polar surface area (TPSA) is 96.3 Å². The van der Waals surface area contributed by atoms with Crippen LogP contribution in [-0.2, 0) is 19.1 Å². The number of carboxylic acids is 1. The van der Waals surface area contributed by atoms with Gasteiger partial charge >= 0.3 is 11.9 Å². The van der Waals surface area contributed by atoms with E-state index >= 15 is 0 Å². The summed E-state index contributed by atoms with van der Waals surface area (Å²) in [5.41, 5.74) is 1.13. The fourth-order valence-corrected chi connectivity index (χ4v) is 3.54. The minimum Gasteiger partial charge on any atom is -0.477 e. The molecule has 2 aliphatic heterocycles. The number of esters is 1. The first kappa shape index (κ1) is 18.7. The Kier molecular flexibility index (Phi) is 6.18. The Morgan fingerprint density at radius 2 is 2.05 bits per heavy atom. The summed E-state index contributed by atoms with van der Waals surface area (Å²) < 4.78 is 4.86. The van der Waals surface area contributed by atoms with Crippen LogP contribution in [0.15, 0.2) is 16.3 Å². The molecule has 0 bridgehead atoms. The molecule has 0 saturated carbocycles. The van der Waals surface area contributed by atoms with Crippen molar-refractivity contribution in [3.05, 3.63) is 11.3 Å². The first-order chi connectivity index (χ1) is 9.82. The van der Waals surface area contributed by atoms with Crippen molar-refractivity contribution in [3.63, 3.8) is 0 Å². The van der Waals surface area contributed by atoms with Gasteiger partial charge in [0, 0.05) is 24.0 Å². The Morgan fingerprint density at radius 3 is 2.55 bits per heavy atom. The van der Waals surface area contributed by atoms with Crippen molar-refractivity contribution in [2.45, 2.75) is 32.2 Å². The van der Waals surface area contributed by atoms with Gasteiger partial charge in [-0.1, -0.05) is 0 Å². The number of ether oxygens (including phenoxy) is 1. The highest BCUT2D eigenvalue weighted by atomic mass is 79.9. The van der Waals surface area contributed by atoms with Gasteiger partial charge in [0.05, 0.1) is 0 Å². The van der Waals surface area contributed by atoms with Crippen molar-refractivity contribution >= 4 is 52.3 Å². The molecule has 0 aromatic carbocycles. The molecule has 1 fully saturated rings. The Labute approximate surface area is 142 Å². The largest absolute Gasteiger partial charge is 0.477 e. The van der Waals surface area contributed by atoms with Crippen molar-refractivity contribution in [1.29, 1.82) is 0 Å². The molecule has 0 aliphatic carbocycles. The summed E-state index contributed by atoms with van der Waals surface area (Å²) in [7, 11) is 0. The van der Waals surface area contributed by atoms with E-state index < -0.39 is 18.0 Å². The number of aliphatic imine (C=N–C) groups is 1. The lowest BCUT2D eigenvalue weighted by Crippen LogP contribution is -2.64. The highest BCUT2D eigenvalue weighted by Crippen LogP contribution is 2.41. The van der Waals surface area contributed by atoms with Gasteiger partial charge in [0.25, 0.3) is 5.91 Å². The predicted molar refractivity (Wildman–Crippen MR) is 87.3 cm³/mol. The van der Waals surface area contributed by atoms with Gasteiger partial charge in [0.15, 0.2) is 6.04 Å². The average molecular weight is 393 g/mol. The van der Waals surface area contributed by atoms with Gasteiger partial charge < -0.3 is 9.84 Å². The maximum atomic E-state index is 12.1. The zero-order valence-electron chi connectivity index (χ0n) is 12.4. The first-order valence-corrected chi connectivity index (χ1v) is 7.42. The van der Waals surface area contributed by atoms with Crippen LogP contribution in [0, 0.1) is 0 Å². The van der Waals surface area contributed by atoms with Crippen molar-refractivity contribution in [2.24, 2.45) is 4.99 Å². The molecule has 0 spiro atoms. The Hall–Kier alpha value is -1.35. The molecule has 0 aromatic rings. The molecule has 1 N–H and O–H groups in total. The van der Waals surface area contributed by atoms with E-state index in [1.54, 1.807) is 13.8 Å². The molecule has 22 heavy (non-hydrogen) atoms. The Morgan fingerprint density at radius 1 is 1.41 bits per heavy atom. The van der Waals surface area contributed by atoms with Gasteiger partial charge in [-0.25, -0.2) is 4.79 Å². The summed E-state index contributed by atoms with van der Waals surface area (Å²) in [5, 5.41) is 9.05. The number of halogens is 1. The standard InChI is InChI=1S/C13H16N2O5S.BrH/c1-6(2)14-9-11(17)15-10(13(18)19)8(4-20-7(3)16)5-21-12(9)15;/h9,12H,4-5H2,1-3H3,(H,18,19);1H/t9?,12-;/m0./s1. The van der Waals surface area contributed by atoms with Gasteiger partial charge in [-0.05, 0) is 13.8 Å². The number of fused-ring (bicyclic) bond motifs is 1. The molecular formula is C13H17BrN2O5S.